The first-order valence-electron chi connectivity index (χ1n) is 8.85. The van der Waals surface area contributed by atoms with E-state index >= 15 is 0 Å². The number of ether oxygens (including phenoxy) is 1. The summed E-state index contributed by atoms with van der Waals surface area (Å²) in [6, 6.07) is 9.15. The van der Waals surface area contributed by atoms with Crippen LogP contribution in [0.3, 0.4) is 0 Å². The third-order valence-corrected chi connectivity index (χ3v) is 4.58. The molecular weight excluding hydrogens is 415 g/mol. The average Bonchev–Trinajstić information content (AvgIpc) is 3.08. The van der Waals surface area contributed by atoms with Crippen LogP contribution in [0.5, 0.6) is 5.75 Å². The van der Waals surface area contributed by atoms with Gasteiger partial charge in [-0.15, -0.1) is 0 Å². The Morgan fingerprint density at radius 1 is 1.19 bits per heavy atom. The number of H-pyrrole nitrogens is 1. The fourth-order valence-corrected chi connectivity index (χ4v) is 3.17. The minimum atomic E-state index is -2.86. The highest BCUT2D eigenvalue weighted by molar-refractivity contribution is 6.02. The van der Waals surface area contributed by atoms with Gasteiger partial charge in [0.1, 0.15) is 17.1 Å². The molecule has 0 aliphatic carbocycles. The molecular formula is C20H14F3N5O3. The van der Waals surface area contributed by atoms with Crippen LogP contribution in [0.15, 0.2) is 47.3 Å². The summed E-state index contributed by atoms with van der Waals surface area (Å²) < 4.78 is 47.1. The molecule has 2 aromatic carbocycles. The van der Waals surface area contributed by atoms with Gasteiger partial charge in [-0.25, -0.2) is 32.5 Å². The van der Waals surface area contributed by atoms with Gasteiger partial charge in [0, 0.05) is 5.56 Å². The number of aromatic amines is 1. The van der Waals surface area contributed by atoms with Crippen LogP contribution in [0.4, 0.5) is 13.2 Å². The van der Waals surface area contributed by atoms with Crippen LogP contribution in [0.25, 0.3) is 28.2 Å². The van der Waals surface area contributed by atoms with Crippen molar-refractivity contribution in [2.45, 2.75) is 6.43 Å². The molecule has 0 fully saturated rings. The first kappa shape index (κ1) is 20.1. The Balaban J connectivity index is 2.08. The number of primary amides is 1. The van der Waals surface area contributed by atoms with Gasteiger partial charge >= 0.3 is 5.69 Å². The van der Waals surface area contributed by atoms with E-state index < -0.39 is 35.1 Å². The molecule has 2 aromatic heterocycles. The second-order valence-electron chi connectivity index (χ2n) is 6.44. The van der Waals surface area contributed by atoms with Gasteiger partial charge in [-0.2, -0.15) is 0 Å². The zero-order valence-corrected chi connectivity index (χ0v) is 15.9. The van der Waals surface area contributed by atoms with Crippen LogP contribution < -0.4 is 16.2 Å². The van der Waals surface area contributed by atoms with E-state index in [-0.39, 0.29) is 28.2 Å². The van der Waals surface area contributed by atoms with Crippen LogP contribution in [-0.2, 0) is 0 Å². The first-order valence-corrected chi connectivity index (χ1v) is 8.85. The third-order valence-electron chi connectivity index (χ3n) is 4.58. The second kappa shape index (κ2) is 7.59. The van der Waals surface area contributed by atoms with E-state index in [2.05, 4.69) is 15.0 Å². The molecule has 4 rings (SSSR count). The maximum absolute atomic E-state index is 14.5. The molecule has 158 valence electrons. The Morgan fingerprint density at radius 3 is 2.61 bits per heavy atom. The predicted octanol–water partition coefficient (Wildman–Crippen LogP) is 2.96. The number of aromatic nitrogens is 4. The topological polar surface area (TPSA) is 116 Å². The first-order chi connectivity index (χ1) is 14.8. The van der Waals surface area contributed by atoms with Crippen molar-refractivity contribution in [3.05, 3.63) is 70.0 Å². The molecule has 11 heteroatoms. The van der Waals surface area contributed by atoms with Crippen molar-refractivity contribution in [2.24, 2.45) is 5.73 Å². The number of fused-ring (bicyclic) bond motifs is 1. The number of carbonyl (C=O) groups excluding carboxylic acids is 1. The van der Waals surface area contributed by atoms with E-state index in [0.717, 1.165) is 22.8 Å². The van der Waals surface area contributed by atoms with E-state index in [4.69, 9.17) is 10.5 Å². The number of nitrogens with one attached hydrogen (secondary N) is 1. The van der Waals surface area contributed by atoms with Crippen molar-refractivity contribution in [2.75, 3.05) is 7.11 Å². The monoisotopic (exact) mass is 429 g/mol. The number of methoxy groups -OCH3 is 1. The number of benzene rings is 2. The second-order valence-corrected chi connectivity index (χ2v) is 6.44. The lowest BCUT2D eigenvalue weighted by atomic mass is 10.1. The Kier molecular flexibility index (Phi) is 4.93. The number of hydrogen-bond acceptors (Lipinski definition) is 5. The van der Waals surface area contributed by atoms with Gasteiger partial charge in [-0.1, -0.05) is 18.2 Å². The van der Waals surface area contributed by atoms with Crippen LogP contribution >= 0.6 is 0 Å². The molecule has 0 radical (unpaired) electrons. The van der Waals surface area contributed by atoms with Crippen LogP contribution in [0, 0.1) is 5.82 Å². The molecule has 0 bridgehead atoms. The van der Waals surface area contributed by atoms with Gasteiger partial charge in [-0.05, 0) is 24.3 Å². The molecule has 1 amide bonds. The summed E-state index contributed by atoms with van der Waals surface area (Å²) in [5.41, 5.74) is 3.58. The maximum atomic E-state index is 14.5. The predicted molar refractivity (Wildman–Crippen MR) is 105 cm³/mol. The van der Waals surface area contributed by atoms with Crippen molar-refractivity contribution >= 4 is 17.1 Å². The number of halogens is 3. The molecule has 0 unspecified atom stereocenters. The summed E-state index contributed by atoms with van der Waals surface area (Å²) in [7, 11) is 1.40. The average molecular weight is 429 g/mol. The molecule has 0 saturated heterocycles. The third kappa shape index (κ3) is 3.39. The number of amides is 1. The molecule has 4 aromatic rings. The summed E-state index contributed by atoms with van der Waals surface area (Å²) in [4.78, 5) is 35.3. The standard InChI is InChI=1S/C20H14F3N5O3/c1-31-13-5-3-2-4-12(13)28-19-15(26-20(28)30)14(17(24)29)25-18(27-19)10-8-9(16(22)23)6-7-11(10)21/h2-8,16H,1H3,(H2,24,29)(H,26,30). The van der Waals surface area contributed by atoms with Crippen molar-refractivity contribution in [3.63, 3.8) is 0 Å². The minimum absolute atomic E-state index is 0.0856. The number of para-hydroxylation sites is 2. The molecule has 0 aliphatic rings. The summed E-state index contributed by atoms with van der Waals surface area (Å²) in [5, 5.41) is 0. The molecule has 0 spiro atoms. The number of alkyl halides is 2. The molecule has 8 nitrogen and oxygen atoms in total. The maximum Gasteiger partial charge on any atom is 0.332 e. The zero-order valence-electron chi connectivity index (χ0n) is 15.9. The zero-order chi connectivity index (χ0) is 22.3. The van der Waals surface area contributed by atoms with E-state index in [1.165, 1.54) is 7.11 Å². The number of imidazole rings is 1. The van der Waals surface area contributed by atoms with E-state index in [1.807, 2.05) is 0 Å². The summed E-state index contributed by atoms with van der Waals surface area (Å²) >= 11 is 0. The lowest BCUT2D eigenvalue weighted by molar-refractivity contribution is 0.0997. The van der Waals surface area contributed by atoms with Crippen LogP contribution in [-0.4, -0.2) is 32.5 Å². The lowest BCUT2D eigenvalue weighted by Gasteiger charge is -2.10. The molecule has 31 heavy (non-hydrogen) atoms. The Morgan fingerprint density at radius 2 is 1.94 bits per heavy atom. The van der Waals surface area contributed by atoms with Crippen molar-refractivity contribution in [1.82, 2.24) is 19.5 Å². The van der Waals surface area contributed by atoms with Crippen molar-refractivity contribution in [3.8, 4) is 22.8 Å². The molecule has 0 atom stereocenters. The highest BCUT2D eigenvalue weighted by Crippen LogP contribution is 2.29. The van der Waals surface area contributed by atoms with Gasteiger partial charge < -0.3 is 15.5 Å². The highest BCUT2D eigenvalue weighted by Gasteiger charge is 2.23. The number of rotatable bonds is 5. The summed E-state index contributed by atoms with van der Waals surface area (Å²) in [6.45, 7) is 0. The smallest absolute Gasteiger partial charge is 0.332 e. The SMILES string of the molecule is COc1ccccc1-n1c(=O)[nH]c2c(C(N)=O)nc(-c3cc(C(F)F)ccc3F)nc21. The summed E-state index contributed by atoms with van der Waals surface area (Å²) in [5.74, 6) is -1.98. The van der Waals surface area contributed by atoms with Crippen molar-refractivity contribution < 1.29 is 22.7 Å². The summed E-state index contributed by atoms with van der Waals surface area (Å²) in [6.07, 6.45) is -2.86. The van der Waals surface area contributed by atoms with Gasteiger partial charge in [0.05, 0.1) is 18.4 Å². The molecule has 0 saturated carbocycles. The van der Waals surface area contributed by atoms with Crippen molar-refractivity contribution in [1.29, 1.82) is 0 Å². The van der Waals surface area contributed by atoms with Crippen LogP contribution in [0.1, 0.15) is 22.5 Å². The van der Waals surface area contributed by atoms with Gasteiger partial charge in [0.2, 0.25) is 0 Å². The highest BCUT2D eigenvalue weighted by atomic mass is 19.3. The lowest BCUT2D eigenvalue weighted by Crippen LogP contribution is -2.16. The largest absolute Gasteiger partial charge is 0.495 e. The molecule has 0 aliphatic heterocycles. The van der Waals surface area contributed by atoms with Crippen LogP contribution in [0.2, 0.25) is 0 Å². The number of nitrogens with zero attached hydrogens (tertiary/aromatic N) is 3. The number of hydrogen-bond donors (Lipinski definition) is 2. The fourth-order valence-electron chi connectivity index (χ4n) is 3.17. The Bertz CT molecular complexity index is 1380. The normalized spacial score (nSPS) is 11.3. The van der Waals surface area contributed by atoms with E-state index in [0.29, 0.717) is 5.75 Å². The number of nitrogens with two attached hydrogens (primary N) is 1. The van der Waals surface area contributed by atoms with E-state index in [9.17, 15) is 22.8 Å². The Hall–Kier alpha value is -4.15. The van der Waals surface area contributed by atoms with E-state index in [1.54, 1.807) is 24.3 Å². The minimum Gasteiger partial charge on any atom is -0.495 e. The number of carbonyl (C=O) groups is 1. The molecule has 3 N–H and O–H groups in total. The fraction of sp³-hybridized carbons (Fsp3) is 0.100. The Labute approximate surface area is 172 Å². The van der Waals surface area contributed by atoms with Gasteiger partial charge in [0.15, 0.2) is 17.2 Å². The van der Waals surface area contributed by atoms with Gasteiger partial charge in [0.25, 0.3) is 12.3 Å². The quantitative estimate of drug-likeness (QED) is 0.506. The molecule has 2 heterocycles. The van der Waals surface area contributed by atoms with Gasteiger partial charge in [-0.3, -0.25) is 4.79 Å².